The fourth-order valence-electron chi connectivity index (χ4n) is 6.26. The number of phenolic OH excluding ortho intramolecular Hbond substituents is 1. The second kappa shape index (κ2) is 9.76. The Bertz CT molecular complexity index is 1890. The first kappa shape index (κ1) is 24.3. The number of aromatic nitrogens is 2. The summed E-state index contributed by atoms with van der Waals surface area (Å²) in [4.78, 5) is 16.4. The van der Waals surface area contributed by atoms with Gasteiger partial charge in [0.05, 0.1) is 6.04 Å². The molecule has 1 atom stereocenters. The lowest BCUT2D eigenvalue weighted by Gasteiger charge is -2.15. The van der Waals surface area contributed by atoms with Crippen LogP contribution in [0.5, 0.6) is 5.75 Å². The van der Waals surface area contributed by atoms with E-state index in [1.54, 1.807) is 18.2 Å². The zero-order valence-corrected chi connectivity index (χ0v) is 22.4. The lowest BCUT2D eigenvalue weighted by molar-refractivity contribution is 0.0960. The predicted octanol–water partition coefficient (Wildman–Crippen LogP) is 7.19. The van der Waals surface area contributed by atoms with Gasteiger partial charge in [-0.15, -0.1) is 0 Å². The third kappa shape index (κ3) is 4.34. The van der Waals surface area contributed by atoms with Crippen molar-refractivity contribution in [3.8, 4) is 5.75 Å². The Labute approximate surface area is 233 Å². The van der Waals surface area contributed by atoms with E-state index in [4.69, 9.17) is 0 Å². The zero-order valence-electron chi connectivity index (χ0n) is 22.4. The van der Waals surface area contributed by atoms with Crippen molar-refractivity contribution in [2.75, 3.05) is 0 Å². The maximum Gasteiger partial charge on any atom is 0.252 e. The van der Waals surface area contributed by atoms with Gasteiger partial charge in [0.1, 0.15) is 5.75 Å². The number of nitrogens with zero attached hydrogens (tertiary/aromatic N) is 1. The molecule has 0 radical (unpaired) electrons. The highest BCUT2D eigenvalue weighted by Crippen LogP contribution is 2.39. The molecule has 198 valence electrons. The Morgan fingerprint density at radius 2 is 1.77 bits per heavy atom. The first-order chi connectivity index (χ1) is 19.5. The number of H-pyrrole nitrogens is 1. The SMILES string of the molecule is Cc1cccc(Cn2ccc3ccc(CCCc4[nH]c5ccccc5c4C4NC(=O)c5ccc(O)cc54)cc32)c1. The molecule has 1 amide bonds. The van der Waals surface area contributed by atoms with E-state index >= 15 is 0 Å². The monoisotopic (exact) mass is 525 g/mol. The van der Waals surface area contributed by atoms with Gasteiger partial charge in [-0.1, -0.05) is 60.2 Å². The van der Waals surface area contributed by atoms with Crippen LogP contribution >= 0.6 is 0 Å². The van der Waals surface area contributed by atoms with E-state index in [0.717, 1.165) is 53.5 Å². The molecule has 2 aromatic heterocycles. The third-order valence-corrected chi connectivity index (χ3v) is 8.15. The Morgan fingerprint density at radius 3 is 2.67 bits per heavy atom. The van der Waals surface area contributed by atoms with Crippen molar-refractivity contribution < 1.29 is 9.90 Å². The predicted molar refractivity (Wildman–Crippen MR) is 160 cm³/mol. The van der Waals surface area contributed by atoms with Gasteiger partial charge in [0.2, 0.25) is 0 Å². The lowest BCUT2D eigenvalue weighted by Crippen LogP contribution is -2.20. The number of hydrogen-bond donors (Lipinski definition) is 3. The largest absolute Gasteiger partial charge is 0.508 e. The molecule has 5 heteroatoms. The van der Waals surface area contributed by atoms with Crippen LogP contribution in [0.25, 0.3) is 21.8 Å². The van der Waals surface area contributed by atoms with Crippen molar-refractivity contribution in [1.82, 2.24) is 14.9 Å². The minimum Gasteiger partial charge on any atom is -0.508 e. The molecular formula is C35H31N3O2. The molecule has 1 unspecified atom stereocenters. The van der Waals surface area contributed by atoms with E-state index in [1.165, 1.54) is 27.6 Å². The minimum atomic E-state index is -0.290. The van der Waals surface area contributed by atoms with Crippen LogP contribution in [0.1, 0.15) is 56.3 Å². The summed E-state index contributed by atoms with van der Waals surface area (Å²) in [5, 5.41) is 15.7. The number of nitrogens with one attached hydrogen (secondary N) is 2. The number of phenols is 1. The van der Waals surface area contributed by atoms with E-state index < -0.39 is 0 Å². The summed E-state index contributed by atoms with van der Waals surface area (Å²) in [7, 11) is 0. The van der Waals surface area contributed by atoms with Crippen LogP contribution < -0.4 is 5.32 Å². The van der Waals surface area contributed by atoms with Gasteiger partial charge in [0, 0.05) is 46.0 Å². The van der Waals surface area contributed by atoms with Gasteiger partial charge in [0.15, 0.2) is 0 Å². The fraction of sp³-hybridized carbons (Fsp3) is 0.171. The quantitative estimate of drug-likeness (QED) is 0.206. The zero-order chi connectivity index (χ0) is 27.2. The van der Waals surface area contributed by atoms with Gasteiger partial charge < -0.3 is 20.0 Å². The van der Waals surface area contributed by atoms with E-state index in [1.807, 2.05) is 12.1 Å². The van der Waals surface area contributed by atoms with Gasteiger partial charge in [-0.2, -0.15) is 0 Å². The smallest absolute Gasteiger partial charge is 0.252 e. The number of carbonyl (C=O) groups excluding carboxylic acids is 1. The van der Waals surface area contributed by atoms with E-state index in [0.29, 0.717) is 5.56 Å². The van der Waals surface area contributed by atoms with Gasteiger partial charge in [0.25, 0.3) is 5.91 Å². The Morgan fingerprint density at radius 1 is 0.875 bits per heavy atom. The summed E-state index contributed by atoms with van der Waals surface area (Å²) in [5.74, 6) is 0.0717. The number of amides is 1. The summed E-state index contributed by atoms with van der Waals surface area (Å²) in [6, 6.07) is 30.6. The maximum atomic E-state index is 12.8. The topological polar surface area (TPSA) is 70.0 Å². The molecule has 1 aliphatic heterocycles. The number of aromatic amines is 1. The Kier molecular flexibility index (Phi) is 5.93. The van der Waals surface area contributed by atoms with Crippen LogP contribution in [-0.4, -0.2) is 20.6 Å². The molecule has 0 saturated carbocycles. The Hall–Kier alpha value is -4.77. The highest BCUT2D eigenvalue weighted by Gasteiger charge is 2.33. The number of hydrogen-bond acceptors (Lipinski definition) is 2. The molecule has 7 rings (SSSR count). The summed E-state index contributed by atoms with van der Waals surface area (Å²) >= 11 is 0. The van der Waals surface area contributed by atoms with Gasteiger partial charge in [-0.05, 0) is 84.7 Å². The summed E-state index contributed by atoms with van der Waals surface area (Å²) in [5.41, 5.74) is 9.91. The number of para-hydroxylation sites is 1. The van der Waals surface area contributed by atoms with Crippen molar-refractivity contribution >= 4 is 27.7 Å². The van der Waals surface area contributed by atoms with Crippen LogP contribution in [0.2, 0.25) is 0 Å². The second-order valence-corrected chi connectivity index (χ2v) is 10.9. The average molecular weight is 526 g/mol. The van der Waals surface area contributed by atoms with Crippen molar-refractivity contribution in [3.63, 3.8) is 0 Å². The maximum absolute atomic E-state index is 12.8. The summed E-state index contributed by atoms with van der Waals surface area (Å²) in [6.45, 7) is 2.99. The molecular weight excluding hydrogens is 494 g/mol. The first-order valence-corrected chi connectivity index (χ1v) is 13.9. The van der Waals surface area contributed by atoms with Crippen molar-refractivity contribution in [3.05, 3.63) is 136 Å². The lowest BCUT2D eigenvalue weighted by atomic mass is 9.94. The number of carbonyl (C=O) groups is 1. The van der Waals surface area contributed by atoms with Gasteiger partial charge in [-0.25, -0.2) is 0 Å². The van der Waals surface area contributed by atoms with Crippen LogP contribution in [-0.2, 0) is 19.4 Å². The molecule has 3 N–H and O–H groups in total. The van der Waals surface area contributed by atoms with Crippen LogP contribution in [0.3, 0.4) is 0 Å². The molecule has 0 fully saturated rings. The summed E-state index contributed by atoms with van der Waals surface area (Å²) < 4.78 is 2.33. The normalized spacial score (nSPS) is 14.6. The summed E-state index contributed by atoms with van der Waals surface area (Å²) in [6.07, 6.45) is 4.96. The molecule has 0 aliphatic carbocycles. The molecule has 0 saturated heterocycles. The van der Waals surface area contributed by atoms with Crippen molar-refractivity contribution in [1.29, 1.82) is 0 Å². The highest BCUT2D eigenvalue weighted by molar-refractivity contribution is 6.01. The van der Waals surface area contributed by atoms with Gasteiger partial charge >= 0.3 is 0 Å². The molecule has 40 heavy (non-hydrogen) atoms. The first-order valence-electron chi connectivity index (χ1n) is 13.9. The number of rotatable bonds is 7. The van der Waals surface area contributed by atoms with E-state index in [9.17, 15) is 9.90 Å². The minimum absolute atomic E-state index is 0.0989. The van der Waals surface area contributed by atoms with Crippen molar-refractivity contribution in [2.45, 2.75) is 38.8 Å². The average Bonchev–Trinajstić information content (AvgIpc) is 3.61. The van der Waals surface area contributed by atoms with Crippen LogP contribution in [0.4, 0.5) is 0 Å². The number of benzene rings is 4. The molecule has 3 heterocycles. The molecule has 5 nitrogen and oxygen atoms in total. The third-order valence-electron chi connectivity index (χ3n) is 8.15. The second-order valence-electron chi connectivity index (χ2n) is 10.9. The molecule has 6 aromatic rings. The molecule has 0 spiro atoms. The van der Waals surface area contributed by atoms with E-state index in [-0.39, 0.29) is 17.7 Å². The number of aryl methyl sites for hydroxylation is 3. The van der Waals surface area contributed by atoms with Crippen LogP contribution in [0, 0.1) is 6.92 Å². The number of aromatic hydroxyl groups is 1. The molecule has 0 bridgehead atoms. The standard InChI is InChI=1S/C35H31N3O2/c1-22-6-4-8-24(18-22)21-38-17-16-25-13-12-23(19-32(25)38)7-5-11-31-33(28-9-2-3-10-30(28)36-31)34-29-20-26(39)14-15-27(29)35(40)37-34/h2-4,6,8-10,12-20,34,36,39H,5,7,11,21H2,1H3,(H,37,40). The Balaban J connectivity index is 1.15. The molecule has 4 aromatic carbocycles. The van der Waals surface area contributed by atoms with E-state index in [2.05, 4.69) is 88.7 Å². The highest BCUT2D eigenvalue weighted by atomic mass is 16.3. The van der Waals surface area contributed by atoms with Gasteiger partial charge in [-0.3, -0.25) is 4.79 Å². The fourth-order valence-corrected chi connectivity index (χ4v) is 6.26. The van der Waals surface area contributed by atoms with Crippen LogP contribution in [0.15, 0.2) is 97.2 Å². The van der Waals surface area contributed by atoms with Crippen molar-refractivity contribution in [2.24, 2.45) is 0 Å². The number of fused-ring (bicyclic) bond motifs is 3. The molecule has 1 aliphatic rings.